The molecular weight excluding hydrogens is 190 g/mol. The molecule has 0 fully saturated rings. The van der Waals surface area contributed by atoms with Gasteiger partial charge >= 0.3 is 0 Å². The van der Waals surface area contributed by atoms with E-state index >= 15 is 0 Å². The first-order valence-corrected chi connectivity index (χ1v) is 4.54. The lowest BCUT2D eigenvalue weighted by atomic mass is 10.1. The lowest BCUT2D eigenvalue weighted by Gasteiger charge is -2.02. The number of pyridine rings is 1. The SMILES string of the molecule is Oc1ccnc2ccc3nccnc3c12. The molecule has 0 radical (unpaired) electrons. The van der Waals surface area contributed by atoms with Crippen LogP contribution in [0.1, 0.15) is 0 Å². The number of aromatic hydroxyl groups is 1. The van der Waals surface area contributed by atoms with E-state index in [4.69, 9.17) is 0 Å². The molecule has 0 amide bonds. The largest absolute Gasteiger partial charge is 0.507 e. The maximum Gasteiger partial charge on any atom is 0.128 e. The Bertz CT molecular complexity index is 651. The highest BCUT2D eigenvalue weighted by Crippen LogP contribution is 2.27. The van der Waals surface area contributed by atoms with Crippen molar-refractivity contribution < 1.29 is 5.11 Å². The monoisotopic (exact) mass is 197 g/mol. The maximum absolute atomic E-state index is 9.76. The van der Waals surface area contributed by atoms with Gasteiger partial charge in [0.25, 0.3) is 0 Å². The Morgan fingerprint density at radius 2 is 1.53 bits per heavy atom. The summed E-state index contributed by atoms with van der Waals surface area (Å²) >= 11 is 0. The summed E-state index contributed by atoms with van der Waals surface area (Å²) in [7, 11) is 0. The van der Waals surface area contributed by atoms with E-state index in [1.165, 1.54) is 0 Å². The van der Waals surface area contributed by atoms with Crippen LogP contribution >= 0.6 is 0 Å². The zero-order valence-corrected chi connectivity index (χ0v) is 7.75. The third-order valence-corrected chi connectivity index (χ3v) is 2.32. The quantitative estimate of drug-likeness (QED) is 0.559. The number of hydrogen-bond donors (Lipinski definition) is 1. The summed E-state index contributed by atoms with van der Waals surface area (Å²) in [6, 6.07) is 5.22. The minimum atomic E-state index is 0.186. The summed E-state index contributed by atoms with van der Waals surface area (Å²) in [6.45, 7) is 0. The first-order valence-electron chi connectivity index (χ1n) is 4.54. The van der Waals surface area contributed by atoms with Crippen LogP contribution in [0.5, 0.6) is 5.75 Å². The molecule has 15 heavy (non-hydrogen) atoms. The summed E-state index contributed by atoms with van der Waals surface area (Å²) in [4.78, 5) is 12.5. The standard InChI is InChI=1S/C11H7N3O/c15-9-3-4-12-7-1-2-8-11(10(7)9)14-6-5-13-8/h1-6H,(H,12,15). The first-order chi connectivity index (χ1) is 7.36. The molecule has 0 unspecified atom stereocenters. The normalized spacial score (nSPS) is 10.9. The van der Waals surface area contributed by atoms with Gasteiger partial charge in [-0.25, -0.2) is 0 Å². The fraction of sp³-hybridized carbons (Fsp3) is 0. The molecule has 4 nitrogen and oxygen atoms in total. The summed E-state index contributed by atoms with van der Waals surface area (Å²) in [6.07, 6.45) is 4.80. The van der Waals surface area contributed by atoms with Crippen LogP contribution in [0, 0.1) is 0 Å². The molecule has 3 aromatic rings. The summed E-state index contributed by atoms with van der Waals surface area (Å²) in [5.41, 5.74) is 2.16. The van der Waals surface area contributed by atoms with E-state index in [-0.39, 0.29) is 5.75 Å². The number of benzene rings is 1. The van der Waals surface area contributed by atoms with E-state index in [2.05, 4.69) is 15.0 Å². The van der Waals surface area contributed by atoms with Crippen LogP contribution in [-0.4, -0.2) is 20.1 Å². The van der Waals surface area contributed by atoms with Crippen molar-refractivity contribution in [1.82, 2.24) is 15.0 Å². The topological polar surface area (TPSA) is 58.9 Å². The lowest BCUT2D eigenvalue weighted by molar-refractivity contribution is 0.481. The molecule has 0 atom stereocenters. The molecule has 0 saturated carbocycles. The van der Waals surface area contributed by atoms with Gasteiger partial charge < -0.3 is 5.11 Å². The number of fused-ring (bicyclic) bond motifs is 3. The van der Waals surface area contributed by atoms with Gasteiger partial charge in [-0.3, -0.25) is 15.0 Å². The molecule has 0 aliphatic rings. The molecular formula is C11H7N3O. The van der Waals surface area contributed by atoms with Gasteiger partial charge in [0.1, 0.15) is 11.3 Å². The number of nitrogens with zero attached hydrogens (tertiary/aromatic N) is 3. The predicted octanol–water partition coefficient (Wildman–Crippen LogP) is 1.88. The molecule has 0 aliphatic carbocycles. The Hall–Kier alpha value is -2.23. The Balaban J connectivity index is 2.64. The minimum absolute atomic E-state index is 0.186. The van der Waals surface area contributed by atoms with E-state index in [1.54, 1.807) is 24.7 Å². The molecule has 72 valence electrons. The van der Waals surface area contributed by atoms with Crippen molar-refractivity contribution in [3.8, 4) is 5.75 Å². The van der Waals surface area contributed by atoms with E-state index < -0.39 is 0 Å². The third kappa shape index (κ3) is 1.11. The van der Waals surface area contributed by atoms with Gasteiger partial charge in [-0.05, 0) is 18.2 Å². The Morgan fingerprint density at radius 3 is 2.47 bits per heavy atom. The highest BCUT2D eigenvalue weighted by molar-refractivity contribution is 6.05. The van der Waals surface area contributed by atoms with Gasteiger partial charge in [-0.15, -0.1) is 0 Å². The van der Waals surface area contributed by atoms with Crippen LogP contribution < -0.4 is 0 Å². The van der Waals surface area contributed by atoms with Crippen molar-refractivity contribution in [2.24, 2.45) is 0 Å². The molecule has 1 aromatic carbocycles. The van der Waals surface area contributed by atoms with Crippen molar-refractivity contribution in [1.29, 1.82) is 0 Å². The highest BCUT2D eigenvalue weighted by Gasteiger charge is 2.06. The molecule has 0 bridgehead atoms. The van der Waals surface area contributed by atoms with Crippen LogP contribution in [-0.2, 0) is 0 Å². The van der Waals surface area contributed by atoms with Crippen molar-refractivity contribution >= 4 is 21.9 Å². The van der Waals surface area contributed by atoms with E-state index in [9.17, 15) is 5.11 Å². The van der Waals surface area contributed by atoms with E-state index in [0.29, 0.717) is 10.9 Å². The molecule has 3 rings (SSSR count). The summed E-state index contributed by atoms with van der Waals surface area (Å²) < 4.78 is 0. The minimum Gasteiger partial charge on any atom is -0.507 e. The lowest BCUT2D eigenvalue weighted by Crippen LogP contribution is -1.86. The molecule has 0 spiro atoms. The number of aromatic nitrogens is 3. The van der Waals surface area contributed by atoms with Gasteiger partial charge in [0.15, 0.2) is 0 Å². The highest BCUT2D eigenvalue weighted by atomic mass is 16.3. The Morgan fingerprint density at radius 1 is 0.800 bits per heavy atom. The fourth-order valence-electron chi connectivity index (χ4n) is 1.66. The second-order valence-corrected chi connectivity index (χ2v) is 3.21. The molecule has 4 heteroatoms. The first kappa shape index (κ1) is 8.11. The molecule has 2 heterocycles. The van der Waals surface area contributed by atoms with E-state index in [1.807, 2.05) is 12.1 Å². The second kappa shape index (κ2) is 2.88. The van der Waals surface area contributed by atoms with Crippen molar-refractivity contribution in [3.63, 3.8) is 0 Å². The number of rotatable bonds is 0. The average molecular weight is 197 g/mol. The molecule has 1 N–H and O–H groups in total. The fourth-order valence-corrected chi connectivity index (χ4v) is 1.66. The summed E-state index contributed by atoms with van der Waals surface area (Å²) in [5, 5.41) is 10.4. The summed E-state index contributed by atoms with van der Waals surface area (Å²) in [5.74, 6) is 0.186. The van der Waals surface area contributed by atoms with Crippen LogP contribution in [0.3, 0.4) is 0 Å². The zero-order chi connectivity index (χ0) is 10.3. The maximum atomic E-state index is 9.76. The predicted molar refractivity (Wildman–Crippen MR) is 56.5 cm³/mol. The second-order valence-electron chi connectivity index (χ2n) is 3.21. The van der Waals surface area contributed by atoms with Crippen LogP contribution in [0.15, 0.2) is 36.8 Å². The zero-order valence-electron chi connectivity index (χ0n) is 7.75. The van der Waals surface area contributed by atoms with Crippen molar-refractivity contribution in [3.05, 3.63) is 36.8 Å². The average Bonchev–Trinajstić information content (AvgIpc) is 2.29. The van der Waals surface area contributed by atoms with Crippen LogP contribution in [0.25, 0.3) is 21.9 Å². The van der Waals surface area contributed by atoms with Gasteiger partial charge in [-0.2, -0.15) is 0 Å². The Kier molecular flexibility index (Phi) is 1.56. The Labute approximate surface area is 85.2 Å². The molecule has 2 aromatic heterocycles. The van der Waals surface area contributed by atoms with Gasteiger partial charge in [0, 0.05) is 18.6 Å². The van der Waals surface area contributed by atoms with Crippen molar-refractivity contribution in [2.75, 3.05) is 0 Å². The van der Waals surface area contributed by atoms with Gasteiger partial charge in [-0.1, -0.05) is 0 Å². The number of hydrogen-bond acceptors (Lipinski definition) is 4. The van der Waals surface area contributed by atoms with Gasteiger partial charge in [0.2, 0.25) is 0 Å². The van der Waals surface area contributed by atoms with Crippen LogP contribution in [0.4, 0.5) is 0 Å². The van der Waals surface area contributed by atoms with Gasteiger partial charge in [0.05, 0.1) is 16.4 Å². The third-order valence-electron chi connectivity index (χ3n) is 2.32. The van der Waals surface area contributed by atoms with E-state index in [0.717, 1.165) is 11.0 Å². The smallest absolute Gasteiger partial charge is 0.128 e. The van der Waals surface area contributed by atoms with Crippen molar-refractivity contribution in [2.45, 2.75) is 0 Å². The van der Waals surface area contributed by atoms with Crippen LogP contribution in [0.2, 0.25) is 0 Å². The molecule has 0 aliphatic heterocycles. The molecule has 0 saturated heterocycles.